The van der Waals surface area contributed by atoms with Crippen molar-refractivity contribution in [2.45, 2.75) is 0 Å². The molecule has 0 aromatic heterocycles. The number of nitro groups is 1. The van der Waals surface area contributed by atoms with Gasteiger partial charge in [-0.15, -0.1) is 0 Å². The number of ether oxygens (including phenoxy) is 1. The van der Waals surface area contributed by atoms with E-state index in [1.165, 1.54) is 31.4 Å². The van der Waals surface area contributed by atoms with Gasteiger partial charge in [-0.05, 0) is 18.2 Å². The highest BCUT2D eigenvalue weighted by Crippen LogP contribution is 2.27. The van der Waals surface area contributed by atoms with Crippen LogP contribution in [-0.2, 0) is 4.74 Å². The molecule has 0 aliphatic heterocycles. The lowest BCUT2D eigenvalue weighted by Gasteiger charge is -2.10. The van der Waals surface area contributed by atoms with Crippen molar-refractivity contribution >= 4 is 34.9 Å². The van der Waals surface area contributed by atoms with E-state index in [2.05, 4.69) is 10.1 Å². The summed E-state index contributed by atoms with van der Waals surface area (Å²) in [6.07, 6.45) is 0. The third-order valence-electron chi connectivity index (χ3n) is 2.99. The standard InChI is InChI=1S/C15H11ClN2O5/c1-23-15(20)11-5-3-2-4-10(11)14(19)17-13-7-6-9(18(21)22)8-12(13)16/h2-8H,1H3,(H,17,19). The van der Waals surface area contributed by atoms with Gasteiger partial charge in [0.2, 0.25) is 0 Å². The van der Waals surface area contributed by atoms with Gasteiger partial charge in [0, 0.05) is 12.1 Å². The Morgan fingerprint density at radius 2 is 1.83 bits per heavy atom. The molecule has 0 radical (unpaired) electrons. The lowest BCUT2D eigenvalue weighted by Crippen LogP contribution is -2.17. The molecule has 0 aliphatic carbocycles. The number of anilines is 1. The van der Waals surface area contributed by atoms with Gasteiger partial charge in [-0.25, -0.2) is 4.79 Å². The largest absolute Gasteiger partial charge is 0.465 e. The molecule has 0 bridgehead atoms. The van der Waals surface area contributed by atoms with E-state index >= 15 is 0 Å². The van der Waals surface area contributed by atoms with Crippen molar-refractivity contribution in [3.8, 4) is 0 Å². The molecule has 2 aromatic rings. The van der Waals surface area contributed by atoms with Crippen LogP contribution in [0.25, 0.3) is 0 Å². The molecule has 0 atom stereocenters. The molecule has 0 saturated heterocycles. The molecule has 118 valence electrons. The molecule has 0 fully saturated rings. The average Bonchev–Trinajstić information content (AvgIpc) is 2.55. The third kappa shape index (κ3) is 3.64. The molecule has 0 saturated carbocycles. The maximum absolute atomic E-state index is 12.3. The normalized spacial score (nSPS) is 10.0. The summed E-state index contributed by atoms with van der Waals surface area (Å²) in [4.78, 5) is 34.1. The number of carbonyl (C=O) groups excluding carboxylic acids is 2. The van der Waals surface area contributed by atoms with Crippen molar-refractivity contribution in [1.29, 1.82) is 0 Å². The molecular weight excluding hydrogens is 324 g/mol. The number of nitrogens with zero attached hydrogens (tertiary/aromatic N) is 1. The minimum Gasteiger partial charge on any atom is -0.465 e. The lowest BCUT2D eigenvalue weighted by molar-refractivity contribution is -0.384. The number of methoxy groups -OCH3 is 1. The fourth-order valence-corrected chi connectivity index (χ4v) is 2.10. The number of halogens is 1. The van der Waals surface area contributed by atoms with Gasteiger partial charge in [-0.2, -0.15) is 0 Å². The summed E-state index contributed by atoms with van der Waals surface area (Å²) in [5.74, 6) is -1.23. The van der Waals surface area contributed by atoms with Crippen LogP contribution in [0.2, 0.25) is 5.02 Å². The summed E-state index contributed by atoms with van der Waals surface area (Å²) in [6, 6.07) is 9.77. The lowest BCUT2D eigenvalue weighted by atomic mass is 10.1. The first-order valence-corrected chi connectivity index (χ1v) is 6.74. The summed E-state index contributed by atoms with van der Waals surface area (Å²) in [5, 5.41) is 13.2. The number of esters is 1. The summed E-state index contributed by atoms with van der Waals surface area (Å²) < 4.78 is 4.62. The van der Waals surface area contributed by atoms with E-state index < -0.39 is 16.8 Å². The monoisotopic (exact) mass is 334 g/mol. The number of nitro benzene ring substituents is 1. The van der Waals surface area contributed by atoms with Crippen molar-refractivity contribution in [1.82, 2.24) is 0 Å². The second kappa shape index (κ2) is 6.89. The van der Waals surface area contributed by atoms with E-state index in [1.54, 1.807) is 12.1 Å². The first kappa shape index (κ1) is 16.4. The van der Waals surface area contributed by atoms with Gasteiger partial charge in [0.1, 0.15) is 0 Å². The first-order chi connectivity index (χ1) is 10.9. The van der Waals surface area contributed by atoms with Gasteiger partial charge < -0.3 is 10.1 Å². The highest BCUT2D eigenvalue weighted by Gasteiger charge is 2.18. The topological polar surface area (TPSA) is 98.5 Å². The Hall–Kier alpha value is -2.93. The summed E-state index contributed by atoms with van der Waals surface area (Å²) in [5.41, 5.74) is 0.212. The zero-order valence-electron chi connectivity index (χ0n) is 11.9. The van der Waals surface area contributed by atoms with Crippen LogP contribution < -0.4 is 5.32 Å². The van der Waals surface area contributed by atoms with Crippen LogP contribution in [-0.4, -0.2) is 23.9 Å². The number of non-ortho nitro benzene ring substituents is 1. The molecule has 2 aromatic carbocycles. The maximum Gasteiger partial charge on any atom is 0.338 e. The van der Waals surface area contributed by atoms with E-state index in [-0.39, 0.29) is 27.5 Å². The Labute approximate surface area is 136 Å². The van der Waals surface area contributed by atoms with Crippen LogP contribution in [0.15, 0.2) is 42.5 Å². The van der Waals surface area contributed by atoms with Crippen LogP contribution >= 0.6 is 11.6 Å². The molecule has 8 heteroatoms. The van der Waals surface area contributed by atoms with Gasteiger partial charge in [0.05, 0.1) is 33.9 Å². The smallest absolute Gasteiger partial charge is 0.338 e. The number of benzene rings is 2. The molecule has 0 spiro atoms. The van der Waals surface area contributed by atoms with Gasteiger partial charge >= 0.3 is 5.97 Å². The van der Waals surface area contributed by atoms with Crippen molar-refractivity contribution in [2.75, 3.05) is 12.4 Å². The highest BCUT2D eigenvalue weighted by molar-refractivity contribution is 6.34. The minimum absolute atomic E-state index is 0.0168. The van der Waals surface area contributed by atoms with Crippen LogP contribution in [0.3, 0.4) is 0 Å². The minimum atomic E-state index is -0.648. The molecular formula is C15H11ClN2O5. The van der Waals surface area contributed by atoms with E-state index in [0.717, 1.165) is 6.07 Å². The second-order valence-corrected chi connectivity index (χ2v) is 4.82. The van der Waals surface area contributed by atoms with Crippen LogP contribution in [0.5, 0.6) is 0 Å². The Morgan fingerprint density at radius 3 is 2.39 bits per heavy atom. The Morgan fingerprint density at radius 1 is 1.17 bits per heavy atom. The number of nitrogens with one attached hydrogen (secondary N) is 1. The molecule has 23 heavy (non-hydrogen) atoms. The fraction of sp³-hybridized carbons (Fsp3) is 0.0667. The zero-order valence-corrected chi connectivity index (χ0v) is 12.7. The average molecular weight is 335 g/mol. The predicted molar refractivity (Wildman–Crippen MR) is 83.8 cm³/mol. The third-order valence-corrected chi connectivity index (χ3v) is 3.30. The molecule has 1 amide bonds. The van der Waals surface area contributed by atoms with Gasteiger partial charge in [-0.1, -0.05) is 23.7 Å². The van der Waals surface area contributed by atoms with Crippen molar-refractivity contribution in [2.24, 2.45) is 0 Å². The first-order valence-electron chi connectivity index (χ1n) is 6.36. The highest BCUT2D eigenvalue weighted by atomic mass is 35.5. The van der Waals surface area contributed by atoms with Crippen molar-refractivity contribution < 1.29 is 19.2 Å². The molecule has 0 aliphatic rings. The number of hydrogen-bond donors (Lipinski definition) is 1. The van der Waals surface area contributed by atoms with Crippen LogP contribution in [0.1, 0.15) is 20.7 Å². The van der Waals surface area contributed by atoms with E-state index in [9.17, 15) is 19.7 Å². The SMILES string of the molecule is COC(=O)c1ccccc1C(=O)Nc1ccc([N+](=O)[O-])cc1Cl. The molecule has 7 nitrogen and oxygen atoms in total. The van der Waals surface area contributed by atoms with Gasteiger partial charge in [0.15, 0.2) is 0 Å². The number of carbonyl (C=O) groups is 2. The summed E-state index contributed by atoms with van der Waals surface area (Å²) in [7, 11) is 1.21. The molecule has 0 heterocycles. The van der Waals surface area contributed by atoms with Gasteiger partial charge in [-0.3, -0.25) is 14.9 Å². The Kier molecular flexibility index (Phi) is 4.92. The maximum atomic E-state index is 12.3. The second-order valence-electron chi connectivity index (χ2n) is 4.41. The zero-order chi connectivity index (χ0) is 17.0. The van der Waals surface area contributed by atoms with Crippen molar-refractivity contribution in [3.05, 3.63) is 68.7 Å². The molecule has 0 unspecified atom stereocenters. The summed E-state index contributed by atoms with van der Waals surface area (Å²) in [6.45, 7) is 0. The van der Waals surface area contributed by atoms with E-state index in [1.807, 2.05) is 0 Å². The van der Waals surface area contributed by atoms with E-state index in [0.29, 0.717) is 0 Å². The molecule has 1 N–H and O–H groups in total. The fourth-order valence-electron chi connectivity index (χ4n) is 1.88. The summed E-state index contributed by atoms with van der Waals surface area (Å²) >= 11 is 5.92. The van der Waals surface area contributed by atoms with Gasteiger partial charge in [0.25, 0.3) is 11.6 Å². The predicted octanol–water partition coefficient (Wildman–Crippen LogP) is 3.29. The number of amides is 1. The quantitative estimate of drug-likeness (QED) is 0.525. The van der Waals surface area contributed by atoms with Crippen LogP contribution in [0.4, 0.5) is 11.4 Å². The molecule has 2 rings (SSSR count). The Balaban J connectivity index is 2.30. The van der Waals surface area contributed by atoms with E-state index in [4.69, 9.17) is 11.6 Å². The van der Waals surface area contributed by atoms with Crippen molar-refractivity contribution in [3.63, 3.8) is 0 Å². The number of hydrogen-bond acceptors (Lipinski definition) is 5. The Bertz CT molecular complexity index is 791. The van der Waals surface area contributed by atoms with Crippen LogP contribution in [0, 0.1) is 10.1 Å². The number of rotatable bonds is 4.